The van der Waals surface area contributed by atoms with Crippen LogP contribution >= 0.6 is 22.7 Å². The molecule has 0 fully saturated rings. The number of carboxylic acids is 1. The SMILES string of the molecule is N#C/C(=C\c1cc(-c2cccs2)cs1)C(=O)O. The van der Waals surface area contributed by atoms with Gasteiger partial charge in [-0.2, -0.15) is 5.26 Å². The first kappa shape index (κ1) is 11.6. The Kier molecular flexibility index (Phi) is 3.38. The molecule has 0 aliphatic heterocycles. The van der Waals surface area contributed by atoms with E-state index in [-0.39, 0.29) is 5.57 Å². The molecule has 17 heavy (non-hydrogen) atoms. The Hall–Kier alpha value is -1.90. The number of nitrogens with zero attached hydrogens (tertiary/aromatic N) is 1. The fourth-order valence-electron chi connectivity index (χ4n) is 1.28. The van der Waals surface area contributed by atoms with E-state index in [1.54, 1.807) is 17.4 Å². The lowest BCUT2D eigenvalue weighted by molar-refractivity contribution is -0.132. The van der Waals surface area contributed by atoms with Crippen molar-refractivity contribution in [3.8, 4) is 16.5 Å². The molecule has 0 aliphatic carbocycles. The first-order chi connectivity index (χ1) is 8.20. The molecule has 2 aromatic rings. The number of hydrogen-bond donors (Lipinski definition) is 1. The average molecular weight is 261 g/mol. The zero-order chi connectivity index (χ0) is 12.3. The Morgan fingerprint density at radius 3 is 2.88 bits per heavy atom. The van der Waals surface area contributed by atoms with Crippen LogP contribution < -0.4 is 0 Å². The van der Waals surface area contributed by atoms with Gasteiger partial charge < -0.3 is 5.11 Å². The molecule has 0 bridgehead atoms. The highest BCUT2D eigenvalue weighted by molar-refractivity contribution is 7.15. The summed E-state index contributed by atoms with van der Waals surface area (Å²) in [4.78, 5) is 12.6. The lowest BCUT2D eigenvalue weighted by Crippen LogP contribution is -1.96. The largest absolute Gasteiger partial charge is 0.477 e. The summed E-state index contributed by atoms with van der Waals surface area (Å²) in [7, 11) is 0. The highest BCUT2D eigenvalue weighted by Crippen LogP contribution is 2.30. The quantitative estimate of drug-likeness (QED) is 0.679. The summed E-state index contributed by atoms with van der Waals surface area (Å²) < 4.78 is 0. The third-order valence-corrected chi connectivity index (χ3v) is 3.86. The van der Waals surface area contributed by atoms with Crippen molar-refractivity contribution < 1.29 is 9.90 Å². The van der Waals surface area contributed by atoms with Crippen molar-refractivity contribution in [1.82, 2.24) is 0 Å². The molecule has 2 aromatic heterocycles. The van der Waals surface area contributed by atoms with Gasteiger partial charge in [-0.3, -0.25) is 0 Å². The number of carboxylic acid groups (broad SMARTS) is 1. The fourth-order valence-corrected chi connectivity index (χ4v) is 2.91. The van der Waals surface area contributed by atoms with Crippen LogP contribution in [0.4, 0.5) is 0 Å². The molecule has 0 aromatic carbocycles. The van der Waals surface area contributed by atoms with Crippen LogP contribution in [-0.4, -0.2) is 11.1 Å². The van der Waals surface area contributed by atoms with Crippen LogP contribution in [0.2, 0.25) is 0 Å². The summed E-state index contributed by atoms with van der Waals surface area (Å²) in [6, 6.07) is 7.52. The smallest absolute Gasteiger partial charge is 0.346 e. The zero-order valence-electron chi connectivity index (χ0n) is 8.58. The molecule has 5 heteroatoms. The predicted molar refractivity (Wildman–Crippen MR) is 68.9 cm³/mol. The van der Waals surface area contributed by atoms with E-state index in [0.717, 1.165) is 15.3 Å². The molecule has 0 atom stereocenters. The van der Waals surface area contributed by atoms with E-state index < -0.39 is 5.97 Å². The fraction of sp³-hybridized carbons (Fsp3) is 0. The second kappa shape index (κ2) is 4.95. The lowest BCUT2D eigenvalue weighted by atomic mass is 10.2. The van der Waals surface area contributed by atoms with Crippen molar-refractivity contribution in [3.05, 3.63) is 39.4 Å². The molecular weight excluding hydrogens is 254 g/mol. The van der Waals surface area contributed by atoms with E-state index in [2.05, 4.69) is 0 Å². The lowest BCUT2D eigenvalue weighted by Gasteiger charge is -1.89. The van der Waals surface area contributed by atoms with Crippen molar-refractivity contribution in [3.63, 3.8) is 0 Å². The van der Waals surface area contributed by atoms with E-state index >= 15 is 0 Å². The monoisotopic (exact) mass is 261 g/mol. The Morgan fingerprint density at radius 2 is 2.29 bits per heavy atom. The summed E-state index contributed by atoms with van der Waals surface area (Å²) in [6.45, 7) is 0. The average Bonchev–Trinajstić information content (AvgIpc) is 2.95. The molecule has 1 N–H and O–H groups in total. The van der Waals surface area contributed by atoms with Crippen molar-refractivity contribution in [2.75, 3.05) is 0 Å². The summed E-state index contributed by atoms with van der Waals surface area (Å²) >= 11 is 3.05. The van der Waals surface area contributed by atoms with Crippen molar-refractivity contribution in [1.29, 1.82) is 5.26 Å². The van der Waals surface area contributed by atoms with Gasteiger partial charge in [-0.15, -0.1) is 22.7 Å². The number of thiophene rings is 2. The first-order valence-corrected chi connectivity index (χ1v) is 6.44. The topological polar surface area (TPSA) is 61.1 Å². The third kappa shape index (κ3) is 2.61. The molecule has 0 amide bonds. The molecule has 3 nitrogen and oxygen atoms in total. The molecule has 0 spiro atoms. The van der Waals surface area contributed by atoms with E-state index in [0.29, 0.717) is 0 Å². The van der Waals surface area contributed by atoms with E-state index in [9.17, 15) is 4.79 Å². The molecular formula is C12H7NO2S2. The number of rotatable bonds is 3. The van der Waals surface area contributed by atoms with Crippen molar-refractivity contribution >= 4 is 34.7 Å². The van der Waals surface area contributed by atoms with Gasteiger partial charge in [0.15, 0.2) is 0 Å². The molecule has 0 saturated carbocycles. The number of hydrogen-bond acceptors (Lipinski definition) is 4. The van der Waals surface area contributed by atoms with Gasteiger partial charge in [-0.05, 0) is 29.0 Å². The highest BCUT2D eigenvalue weighted by Gasteiger charge is 2.07. The number of carbonyl (C=O) groups is 1. The van der Waals surface area contributed by atoms with Gasteiger partial charge in [0.1, 0.15) is 11.6 Å². The maximum Gasteiger partial charge on any atom is 0.346 e. The standard InChI is InChI=1S/C12H7NO2S2/c13-6-8(12(14)15)4-10-5-9(7-17-10)11-2-1-3-16-11/h1-5,7H,(H,14,15)/b8-4+. The van der Waals surface area contributed by atoms with Crippen molar-refractivity contribution in [2.24, 2.45) is 0 Å². The van der Waals surface area contributed by atoms with Crippen LogP contribution in [0.1, 0.15) is 4.88 Å². The van der Waals surface area contributed by atoms with Gasteiger partial charge in [-0.1, -0.05) is 6.07 Å². The van der Waals surface area contributed by atoms with Gasteiger partial charge in [0.2, 0.25) is 0 Å². The summed E-state index contributed by atoms with van der Waals surface area (Å²) in [6.07, 6.45) is 1.39. The Bertz CT molecular complexity index is 603. The van der Waals surface area contributed by atoms with Gasteiger partial charge in [0, 0.05) is 15.3 Å². The molecule has 0 aliphatic rings. The Labute approximate surface area is 106 Å². The zero-order valence-corrected chi connectivity index (χ0v) is 10.2. The molecule has 0 saturated heterocycles. The van der Waals surface area contributed by atoms with Gasteiger partial charge in [-0.25, -0.2) is 4.79 Å². The minimum Gasteiger partial charge on any atom is -0.477 e. The maximum atomic E-state index is 10.7. The highest BCUT2D eigenvalue weighted by atomic mass is 32.1. The van der Waals surface area contributed by atoms with E-state index in [4.69, 9.17) is 10.4 Å². The van der Waals surface area contributed by atoms with Crippen LogP contribution in [0.5, 0.6) is 0 Å². The minimum atomic E-state index is -1.20. The van der Waals surface area contributed by atoms with Gasteiger partial charge >= 0.3 is 5.97 Å². The van der Waals surface area contributed by atoms with Crippen LogP contribution in [0, 0.1) is 11.3 Å². The normalized spacial score (nSPS) is 11.1. The first-order valence-electron chi connectivity index (χ1n) is 4.68. The Balaban J connectivity index is 2.31. The maximum absolute atomic E-state index is 10.7. The molecule has 0 unspecified atom stereocenters. The van der Waals surface area contributed by atoms with E-state index in [1.807, 2.05) is 29.0 Å². The van der Waals surface area contributed by atoms with Crippen molar-refractivity contribution in [2.45, 2.75) is 0 Å². The molecule has 2 rings (SSSR count). The van der Waals surface area contributed by atoms with Crippen LogP contribution in [0.3, 0.4) is 0 Å². The predicted octanol–water partition coefficient (Wildman–Crippen LogP) is 3.47. The Morgan fingerprint density at radius 1 is 1.47 bits per heavy atom. The second-order valence-electron chi connectivity index (χ2n) is 3.19. The van der Waals surface area contributed by atoms with Gasteiger partial charge in [0.25, 0.3) is 0 Å². The molecule has 0 radical (unpaired) electrons. The van der Waals surface area contributed by atoms with Crippen LogP contribution in [0.15, 0.2) is 34.5 Å². The second-order valence-corrected chi connectivity index (χ2v) is 5.08. The number of nitriles is 1. The third-order valence-electron chi connectivity index (χ3n) is 2.06. The van der Waals surface area contributed by atoms with Crippen LogP contribution in [-0.2, 0) is 4.79 Å². The summed E-state index contributed by atoms with van der Waals surface area (Å²) in [5, 5.41) is 21.3. The summed E-state index contributed by atoms with van der Waals surface area (Å²) in [5.41, 5.74) is 0.809. The van der Waals surface area contributed by atoms with Crippen LogP contribution in [0.25, 0.3) is 16.5 Å². The summed E-state index contributed by atoms with van der Waals surface area (Å²) in [5.74, 6) is -1.20. The van der Waals surface area contributed by atoms with Gasteiger partial charge in [0.05, 0.1) is 0 Å². The number of aliphatic carboxylic acids is 1. The minimum absolute atomic E-state index is 0.246. The molecule has 2 heterocycles. The molecule has 84 valence electrons. The van der Waals surface area contributed by atoms with E-state index in [1.165, 1.54) is 17.4 Å².